The van der Waals surface area contributed by atoms with E-state index in [0.717, 1.165) is 20.6 Å². The minimum atomic E-state index is 0.763. The van der Waals surface area contributed by atoms with E-state index in [-0.39, 0.29) is 0 Å². The minimum absolute atomic E-state index is 0.763. The van der Waals surface area contributed by atoms with Crippen LogP contribution in [-0.4, -0.2) is 9.78 Å². The molecule has 0 amide bonds. The molecule has 0 radical (unpaired) electrons. The Morgan fingerprint density at radius 2 is 1.74 bits per heavy atom. The average molecular weight is 380 g/mol. The van der Waals surface area contributed by atoms with Crippen LogP contribution in [0, 0.1) is 0 Å². The van der Waals surface area contributed by atoms with Crippen LogP contribution in [-0.2, 0) is 0 Å². The van der Waals surface area contributed by atoms with Crippen molar-refractivity contribution in [3.05, 3.63) is 70.1 Å². The highest BCUT2D eigenvalue weighted by atomic mass is 79.9. The predicted molar refractivity (Wildman–Crippen MR) is 80.5 cm³/mol. The maximum atomic E-state index is 4.47. The topological polar surface area (TPSA) is 21.7 Å². The van der Waals surface area contributed by atoms with Gasteiger partial charge in [-0.3, -0.25) is 0 Å². The second kappa shape index (κ2) is 5.27. The van der Waals surface area contributed by atoms with E-state index in [1.165, 1.54) is 0 Å². The summed E-state index contributed by atoms with van der Waals surface area (Å²) in [5.74, 6) is 0. The van der Waals surface area contributed by atoms with Crippen molar-refractivity contribution in [2.24, 2.45) is 0 Å². The van der Waals surface area contributed by atoms with Gasteiger partial charge in [0.25, 0.3) is 0 Å². The van der Waals surface area contributed by atoms with Gasteiger partial charge in [-0.2, -0.15) is 4.57 Å². The first kappa shape index (κ1) is 12.6. The average Bonchev–Trinajstić information content (AvgIpc) is 2.82. The molecule has 5 heteroatoms. The zero-order valence-corrected chi connectivity index (χ0v) is 13.0. The van der Waals surface area contributed by atoms with E-state index in [2.05, 4.69) is 37.0 Å². The van der Waals surface area contributed by atoms with Gasteiger partial charge >= 0.3 is 4.73 Å². The fourth-order valence-corrected chi connectivity index (χ4v) is 2.68. The van der Waals surface area contributed by atoms with E-state index >= 15 is 0 Å². The predicted octanol–water partition coefficient (Wildman–Crippen LogP) is 3.67. The van der Waals surface area contributed by atoms with E-state index in [9.17, 15) is 0 Å². The summed E-state index contributed by atoms with van der Waals surface area (Å²) in [5.41, 5.74) is 2.07. The molecule has 0 aliphatic heterocycles. The van der Waals surface area contributed by atoms with Gasteiger partial charge in [-0.15, -0.1) is 0 Å². The molecule has 0 spiro atoms. The molecule has 0 atom stereocenters. The van der Waals surface area contributed by atoms with Gasteiger partial charge in [0.05, 0.1) is 5.10 Å². The lowest BCUT2D eigenvalue weighted by Gasteiger charge is -1.95. The van der Waals surface area contributed by atoms with Gasteiger partial charge in [0.1, 0.15) is 11.4 Å². The largest absolute Gasteiger partial charge is 0.349 e. The lowest BCUT2D eigenvalue weighted by atomic mass is 10.3. The van der Waals surface area contributed by atoms with Crippen molar-refractivity contribution < 1.29 is 4.57 Å². The molecule has 3 rings (SSSR count). The van der Waals surface area contributed by atoms with Crippen LogP contribution in [0.1, 0.15) is 0 Å². The number of hydrogen-bond donors (Lipinski definition) is 0. The number of aromatic nitrogens is 3. The van der Waals surface area contributed by atoms with Gasteiger partial charge < -0.3 is 0 Å². The summed E-state index contributed by atoms with van der Waals surface area (Å²) < 4.78 is 5.62. The molecular formula is C14H10Br2N3+. The molecule has 2 aromatic carbocycles. The lowest BCUT2D eigenvalue weighted by Crippen LogP contribution is -2.29. The molecule has 0 bridgehead atoms. The second-order valence-electron chi connectivity index (χ2n) is 4.01. The van der Waals surface area contributed by atoms with Crippen LogP contribution in [0.4, 0.5) is 0 Å². The van der Waals surface area contributed by atoms with Crippen molar-refractivity contribution in [1.29, 1.82) is 0 Å². The fraction of sp³-hybridized carbons (Fsp3) is 0. The van der Waals surface area contributed by atoms with Crippen LogP contribution in [0.15, 0.2) is 70.1 Å². The Kier molecular flexibility index (Phi) is 3.48. The van der Waals surface area contributed by atoms with E-state index in [1.807, 2.05) is 70.2 Å². The van der Waals surface area contributed by atoms with Crippen molar-refractivity contribution >= 4 is 31.9 Å². The Balaban J connectivity index is 2.07. The maximum Gasteiger partial charge on any atom is 0.349 e. The number of para-hydroxylation sites is 1. The first-order valence-corrected chi connectivity index (χ1v) is 7.31. The lowest BCUT2D eigenvalue weighted by molar-refractivity contribution is -0.608. The normalized spacial score (nSPS) is 10.6. The van der Waals surface area contributed by atoms with Gasteiger partial charge in [-0.1, -0.05) is 44.9 Å². The van der Waals surface area contributed by atoms with Gasteiger partial charge in [0.2, 0.25) is 6.33 Å². The van der Waals surface area contributed by atoms with Crippen LogP contribution >= 0.6 is 31.9 Å². The molecule has 1 heterocycles. The Hall–Kier alpha value is -1.46. The molecule has 19 heavy (non-hydrogen) atoms. The van der Waals surface area contributed by atoms with Gasteiger partial charge in [0.15, 0.2) is 0 Å². The molecule has 1 aromatic heterocycles. The summed E-state index contributed by atoms with van der Waals surface area (Å²) in [4.78, 5) is 0. The fourth-order valence-electron chi connectivity index (χ4n) is 1.82. The number of benzene rings is 2. The Morgan fingerprint density at radius 1 is 0.947 bits per heavy atom. The number of rotatable bonds is 2. The molecule has 0 fully saturated rings. The molecule has 3 aromatic rings. The van der Waals surface area contributed by atoms with Crippen LogP contribution in [0.25, 0.3) is 11.4 Å². The van der Waals surface area contributed by atoms with Crippen LogP contribution in [0.2, 0.25) is 0 Å². The highest BCUT2D eigenvalue weighted by molar-refractivity contribution is 9.10. The van der Waals surface area contributed by atoms with E-state index in [4.69, 9.17) is 0 Å². The van der Waals surface area contributed by atoms with Crippen molar-refractivity contribution in [2.45, 2.75) is 0 Å². The minimum Gasteiger partial charge on any atom is -0.191 e. The summed E-state index contributed by atoms with van der Waals surface area (Å²) in [5, 5.41) is 4.47. The first-order chi connectivity index (χ1) is 9.24. The van der Waals surface area contributed by atoms with Gasteiger partial charge in [-0.25, -0.2) is 0 Å². The molecule has 0 saturated heterocycles. The molecule has 3 nitrogen and oxygen atoms in total. The maximum absolute atomic E-state index is 4.47. The summed E-state index contributed by atoms with van der Waals surface area (Å²) >= 11 is 6.96. The summed E-state index contributed by atoms with van der Waals surface area (Å²) in [6, 6.07) is 18.1. The van der Waals surface area contributed by atoms with Gasteiger partial charge in [0, 0.05) is 20.4 Å². The van der Waals surface area contributed by atoms with Crippen molar-refractivity contribution in [2.75, 3.05) is 0 Å². The zero-order chi connectivity index (χ0) is 13.2. The summed E-state index contributed by atoms with van der Waals surface area (Å²) in [6.07, 6.45) is 1.95. The number of hydrogen-bond acceptors (Lipinski definition) is 1. The standard InChI is InChI=1S/C14H10Br2N3/c15-11-5-4-8-13(9-11)19-10-18(14(16)17-19)12-6-2-1-3-7-12/h1-10H/q+1. The Bertz CT molecular complexity index is 708. The van der Waals surface area contributed by atoms with E-state index in [0.29, 0.717) is 0 Å². The van der Waals surface area contributed by atoms with E-state index in [1.54, 1.807) is 0 Å². The molecule has 0 saturated carbocycles. The monoisotopic (exact) mass is 378 g/mol. The highest BCUT2D eigenvalue weighted by Crippen LogP contribution is 2.15. The van der Waals surface area contributed by atoms with Crippen molar-refractivity contribution in [3.8, 4) is 11.4 Å². The first-order valence-electron chi connectivity index (χ1n) is 5.72. The van der Waals surface area contributed by atoms with Crippen LogP contribution in [0.3, 0.4) is 0 Å². The summed E-state index contributed by atoms with van der Waals surface area (Å²) in [7, 11) is 0. The quantitative estimate of drug-likeness (QED) is 0.622. The third-order valence-corrected chi connectivity index (χ3v) is 3.75. The van der Waals surface area contributed by atoms with Crippen molar-refractivity contribution in [1.82, 2.24) is 9.78 Å². The molecule has 0 aliphatic rings. The van der Waals surface area contributed by atoms with Crippen molar-refractivity contribution in [3.63, 3.8) is 0 Å². The molecule has 0 N–H and O–H groups in total. The smallest absolute Gasteiger partial charge is 0.191 e. The third-order valence-electron chi connectivity index (χ3n) is 2.72. The Labute approximate surface area is 127 Å². The van der Waals surface area contributed by atoms with Crippen LogP contribution < -0.4 is 4.57 Å². The third kappa shape index (κ3) is 2.62. The second-order valence-corrected chi connectivity index (χ2v) is 5.64. The SMILES string of the molecule is Brc1cccc(-n2c[n+](-c3ccccc3)c(Br)n2)c1. The molecular weight excluding hydrogens is 370 g/mol. The highest BCUT2D eigenvalue weighted by Gasteiger charge is 2.17. The number of halogens is 2. The Morgan fingerprint density at radius 3 is 2.47 bits per heavy atom. The molecule has 94 valence electrons. The summed E-state index contributed by atoms with van der Waals surface area (Å²) in [6.45, 7) is 0. The molecule has 0 aliphatic carbocycles. The molecule has 0 unspecified atom stereocenters. The zero-order valence-electron chi connectivity index (χ0n) is 9.87. The van der Waals surface area contributed by atoms with E-state index < -0.39 is 0 Å². The number of nitrogens with zero attached hydrogens (tertiary/aromatic N) is 3. The van der Waals surface area contributed by atoms with Crippen LogP contribution in [0.5, 0.6) is 0 Å². The van der Waals surface area contributed by atoms with Gasteiger partial charge in [-0.05, 0) is 30.3 Å².